The summed E-state index contributed by atoms with van der Waals surface area (Å²) >= 11 is 0. The van der Waals surface area contributed by atoms with Gasteiger partial charge in [0.05, 0.1) is 11.5 Å². The Kier molecular flexibility index (Phi) is 4.37. The van der Waals surface area contributed by atoms with Crippen LogP contribution in [0.3, 0.4) is 0 Å². The second-order valence-corrected chi connectivity index (χ2v) is 4.81. The smallest absolute Gasteiger partial charge is 0.154 e. The van der Waals surface area contributed by atoms with E-state index in [-0.39, 0.29) is 18.1 Å². The van der Waals surface area contributed by atoms with Crippen LogP contribution in [0.2, 0.25) is 0 Å². The van der Waals surface area contributed by atoms with Crippen LogP contribution in [0.25, 0.3) is 0 Å². The lowest BCUT2D eigenvalue weighted by atomic mass is 10.4. The van der Waals surface area contributed by atoms with Gasteiger partial charge >= 0.3 is 0 Å². The van der Waals surface area contributed by atoms with Crippen molar-refractivity contribution in [3.8, 4) is 0 Å². The van der Waals surface area contributed by atoms with E-state index in [1.807, 2.05) is 0 Å². The van der Waals surface area contributed by atoms with Crippen molar-refractivity contribution in [3.05, 3.63) is 12.2 Å². The summed E-state index contributed by atoms with van der Waals surface area (Å²) in [6.07, 6.45) is 0.315. The van der Waals surface area contributed by atoms with E-state index in [0.717, 1.165) is 0 Å². The summed E-state index contributed by atoms with van der Waals surface area (Å²) in [7, 11) is -3.00. The number of aliphatic hydroxyl groups is 1. The van der Waals surface area contributed by atoms with E-state index in [1.54, 1.807) is 6.92 Å². The second kappa shape index (κ2) is 4.51. The molecule has 0 radical (unpaired) electrons. The molecular formula is C7H14O3S. The van der Waals surface area contributed by atoms with Crippen LogP contribution in [0.4, 0.5) is 0 Å². The van der Waals surface area contributed by atoms with Gasteiger partial charge in [-0.15, -0.1) is 0 Å². The molecule has 0 rings (SSSR count). The summed E-state index contributed by atoms with van der Waals surface area (Å²) in [5, 5.41) is 8.38. The molecule has 0 atom stereocenters. The topological polar surface area (TPSA) is 54.4 Å². The van der Waals surface area contributed by atoms with E-state index in [9.17, 15) is 8.42 Å². The maximum absolute atomic E-state index is 11.0. The van der Waals surface area contributed by atoms with Gasteiger partial charge in [0.1, 0.15) is 0 Å². The van der Waals surface area contributed by atoms with Crippen LogP contribution in [0.5, 0.6) is 0 Å². The van der Waals surface area contributed by atoms with Crippen LogP contribution in [0, 0.1) is 0 Å². The molecule has 11 heavy (non-hydrogen) atoms. The van der Waals surface area contributed by atoms with Crippen molar-refractivity contribution in [1.82, 2.24) is 0 Å². The average molecular weight is 178 g/mol. The standard InChI is InChI=1S/C7H14O3S/c1-7(2)6-11(9,10)5-3-4-8/h8H,1,3-6H2,2H3. The highest BCUT2D eigenvalue weighted by Crippen LogP contribution is 1.99. The average Bonchev–Trinajstić information content (AvgIpc) is 1.81. The highest BCUT2D eigenvalue weighted by atomic mass is 32.2. The monoisotopic (exact) mass is 178 g/mol. The summed E-state index contributed by atoms with van der Waals surface area (Å²) in [5.74, 6) is 0.0867. The molecule has 0 aromatic carbocycles. The van der Waals surface area contributed by atoms with Gasteiger partial charge in [-0.05, 0) is 13.3 Å². The molecule has 1 N–H and O–H groups in total. The van der Waals surface area contributed by atoms with Crippen molar-refractivity contribution in [2.24, 2.45) is 0 Å². The Morgan fingerprint density at radius 2 is 2.09 bits per heavy atom. The van der Waals surface area contributed by atoms with Crippen molar-refractivity contribution in [2.75, 3.05) is 18.1 Å². The van der Waals surface area contributed by atoms with Gasteiger partial charge in [-0.3, -0.25) is 0 Å². The van der Waals surface area contributed by atoms with Crippen LogP contribution in [-0.2, 0) is 9.84 Å². The lowest BCUT2D eigenvalue weighted by Crippen LogP contribution is -2.12. The van der Waals surface area contributed by atoms with Crippen molar-refractivity contribution >= 4 is 9.84 Å². The van der Waals surface area contributed by atoms with Gasteiger partial charge in [-0.1, -0.05) is 12.2 Å². The molecule has 66 valence electrons. The lowest BCUT2D eigenvalue weighted by molar-refractivity contribution is 0.295. The molecule has 0 unspecified atom stereocenters. The molecule has 0 aromatic heterocycles. The first kappa shape index (κ1) is 10.7. The van der Waals surface area contributed by atoms with Crippen LogP contribution in [0.15, 0.2) is 12.2 Å². The van der Waals surface area contributed by atoms with Gasteiger partial charge in [0.2, 0.25) is 0 Å². The number of hydrogen-bond donors (Lipinski definition) is 1. The zero-order chi connectivity index (χ0) is 8.91. The zero-order valence-electron chi connectivity index (χ0n) is 6.71. The molecule has 0 fully saturated rings. The maximum Gasteiger partial charge on any atom is 0.154 e. The van der Waals surface area contributed by atoms with E-state index in [4.69, 9.17) is 5.11 Å². The third kappa shape index (κ3) is 6.06. The van der Waals surface area contributed by atoms with Crippen LogP contribution in [0.1, 0.15) is 13.3 Å². The number of aliphatic hydroxyl groups excluding tert-OH is 1. The number of sulfone groups is 1. The van der Waals surface area contributed by atoms with Crippen molar-refractivity contribution < 1.29 is 13.5 Å². The van der Waals surface area contributed by atoms with Gasteiger partial charge in [-0.25, -0.2) is 8.42 Å². The van der Waals surface area contributed by atoms with Gasteiger partial charge in [-0.2, -0.15) is 0 Å². The predicted octanol–water partition coefficient (Wildman–Crippen LogP) is 0.360. The fraction of sp³-hybridized carbons (Fsp3) is 0.714. The summed E-state index contributed by atoms with van der Waals surface area (Å²) in [6.45, 7) is 5.11. The lowest BCUT2D eigenvalue weighted by Gasteiger charge is -2.00. The Hall–Kier alpha value is -0.350. The van der Waals surface area contributed by atoms with Crippen molar-refractivity contribution in [3.63, 3.8) is 0 Å². The van der Waals surface area contributed by atoms with Gasteiger partial charge in [0.15, 0.2) is 9.84 Å². The normalized spacial score (nSPS) is 11.5. The number of hydrogen-bond acceptors (Lipinski definition) is 3. The van der Waals surface area contributed by atoms with E-state index in [0.29, 0.717) is 12.0 Å². The summed E-state index contributed by atoms with van der Waals surface area (Å²) < 4.78 is 22.1. The van der Waals surface area contributed by atoms with E-state index >= 15 is 0 Å². The van der Waals surface area contributed by atoms with Crippen LogP contribution in [-0.4, -0.2) is 31.6 Å². The largest absolute Gasteiger partial charge is 0.396 e. The molecule has 0 amide bonds. The van der Waals surface area contributed by atoms with E-state index in [2.05, 4.69) is 6.58 Å². The molecule has 0 aliphatic carbocycles. The first-order valence-corrected chi connectivity index (χ1v) is 5.26. The van der Waals surface area contributed by atoms with E-state index in [1.165, 1.54) is 0 Å². The number of rotatable bonds is 5. The quantitative estimate of drug-likeness (QED) is 0.618. The third-order valence-electron chi connectivity index (χ3n) is 1.08. The summed E-state index contributed by atoms with van der Waals surface area (Å²) in [6, 6.07) is 0. The Balaban J connectivity index is 3.92. The molecular weight excluding hydrogens is 164 g/mol. The fourth-order valence-corrected chi connectivity index (χ4v) is 2.20. The molecule has 4 heteroatoms. The van der Waals surface area contributed by atoms with Gasteiger partial charge < -0.3 is 5.11 Å². The molecule has 0 aromatic rings. The highest BCUT2D eigenvalue weighted by molar-refractivity contribution is 7.91. The van der Waals surface area contributed by atoms with Gasteiger partial charge in [0, 0.05) is 6.61 Å². The minimum atomic E-state index is -3.00. The molecule has 0 saturated heterocycles. The maximum atomic E-state index is 11.0. The molecule has 3 nitrogen and oxygen atoms in total. The Morgan fingerprint density at radius 1 is 1.55 bits per heavy atom. The molecule has 0 bridgehead atoms. The molecule has 0 saturated carbocycles. The molecule has 0 aliphatic heterocycles. The minimum Gasteiger partial charge on any atom is -0.396 e. The SMILES string of the molecule is C=C(C)CS(=O)(=O)CCCO. The van der Waals surface area contributed by atoms with E-state index < -0.39 is 9.84 Å². The first-order valence-electron chi connectivity index (χ1n) is 3.43. The Bertz CT molecular complexity index is 216. The Labute approximate surface area is 67.7 Å². The first-order chi connectivity index (χ1) is 4.98. The minimum absolute atomic E-state index is 0.0347. The fourth-order valence-electron chi connectivity index (χ4n) is 0.732. The molecule has 0 heterocycles. The highest BCUT2D eigenvalue weighted by Gasteiger charge is 2.09. The summed E-state index contributed by atoms with van der Waals surface area (Å²) in [4.78, 5) is 0. The van der Waals surface area contributed by atoms with Crippen LogP contribution >= 0.6 is 0 Å². The summed E-state index contributed by atoms with van der Waals surface area (Å²) in [5.41, 5.74) is 0.642. The van der Waals surface area contributed by atoms with Crippen LogP contribution < -0.4 is 0 Å². The second-order valence-electron chi connectivity index (χ2n) is 2.63. The predicted molar refractivity (Wildman–Crippen MR) is 45.2 cm³/mol. The Morgan fingerprint density at radius 3 is 2.45 bits per heavy atom. The third-order valence-corrected chi connectivity index (χ3v) is 2.92. The van der Waals surface area contributed by atoms with Crippen molar-refractivity contribution in [2.45, 2.75) is 13.3 Å². The van der Waals surface area contributed by atoms with Crippen molar-refractivity contribution in [1.29, 1.82) is 0 Å². The molecule has 0 aliphatic rings. The van der Waals surface area contributed by atoms with Gasteiger partial charge in [0.25, 0.3) is 0 Å². The molecule has 0 spiro atoms. The zero-order valence-corrected chi connectivity index (χ0v) is 7.52.